The quantitative estimate of drug-likeness (QED) is 0.499. The molecule has 0 aromatic heterocycles. The van der Waals surface area contributed by atoms with Crippen molar-refractivity contribution >= 4 is 34.8 Å². The SMILES string of the molecule is CCOc1ccccc1NC(=O)c1ccc(OCC(=O)Nc2cccc(Cl)c2C)cc1. The zero-order valence-electron chi connectivity index (χ0n) is 17.3. The number of para-hydroxylation sites is 2. The lowest BCUT2D eigenvalue weighted by atomic mass is 10.2. The summed E-state index contributed by atoms with van der Waals surface area (Å²) in [4.78, 5) is 24.7. The van der Waals surface area contributed by atoms with E-state index in [0.29, 0.717) is 40.1 Å². The number of benzene rings is 3. The van der Waals surface area contributed by atoms with Crippen LogP contribution in [0.15, 0.2) is 66.7 Å². The highest BCUT2D eigenvalue weighted by Gasteiger charge is 2.11. The van der Waals surface area contributed by atoms with Crippen molar-refractivity contribution in [3.63, 3.8) is 0 Å². The number of amides is 2. The van der Waals surface area contributed by atoms with E-state index < -0.39 is 0 Å². The summed E-state index contributed by atoms with van der Waals surface area (Å²) in [6, 6.07) is 19.1. The van der Waals surface area contributed by atoms with E-state index in [1.165, 1.54) is 0 Å². The van der Waals surface area contributed by atoms with Crippen molar-refractivity contribution in [2.24, 2.45) is 0 Å². The van der Waals surface area contributed by atoms with Gasteiger partial charge in [0.15, 0.2) is 6.61 Å². The zero-order chi connectivity index (χ0) is 22.2. The van der Waals surface area contributed by atoms with Gasteiger partial charge in [0.2, 0.25) is 0 Å². The van der Waals surface area contributed by atoms with E-state index in [1.54, 1.807) is 54.6 Å². The Kier molecular flexibility index (Phi) is 7.51. The molecule has 0 unspecified atom stereocenters. The van der Waals surface area contributed by atoms with Gasteiger partial charge in [-0.15, -0.1) is 0 Å². The van der Waals surface area contributed by atoms with Gasteiger partial charge in [-0.25, -0.2) is 0 Å². The van der Waals surface area contributed by atoms with Gasteiger partial charge in [0.1, 0.15) is 11.5 Å². The van der Waals surface area contributed by atoms with Crippen LogP contribution in [0.5, 0.6) is 11.5 Å². The van der Waals surface area contributed by atoms with Crippen LogP contribution in [-0.4, -0.2) is 25.0 Å². The monoisotopic (exact) mass is 438 g/mol. The highest BCUT2D eigenvalue weighted by atomic mass is 35.5. The van der Waals surface area contributed by atoms with Gasteiger partial charge in [-0.05, 0) is 67.9 Å². The highest BCUT2D eigenvalue weighted by Crippen LogP contribution is 2.25. The maximum atomic E-state index is 12.5. The second-order valence-corrected chi connectivity index (χ2v) is 7.06. The Morgan fingerprint density at radius 2 is 1.58 bits per heavy atom. The fraction of sp³-hybridized carbons (Fsp3) is 0.167. The van der Waals surface area contributed by atoms with Crippen LogP contribution in [0.3, 0.4) is 0 Å². The maximum Gasteiger partial charge on any atom is 0.262 e. The van der Waals surface area contributed by atoms with E-state index >= 15 is 0 Å². The molecule has 0 fully saturated rings. The van der Waals surface area contributed by atoms with Crippen molar-refractivity contribution in [2.45, 2.75) is 13.8 Å². The molecule has 7 heteroatoms. The van der Waals surface area contributed by atoms with Crippen LogP contribution in [0.2, 0.25) is 5.02 Å². The molecule has 0 aliphatic rings. The van der Waals surface area contributed by atoms with Crippen LogP contribution in [-0.2, 0) is 4.79 Å². The van der Waals surface area contributed by atoms with E-state index in [-0.39, 0.29) is 18.4 Å². The molecule has 31 heavy (non-hydrogen) atoms. The minimum absolute atomic E-state index is 0.167. The molecule has 0 saturated heterocycles. The smallest absolute Gasteiger partial charge is 0.262 e. The van der Waals surface area contributed by atoms with Gasteiger partial charge >= 0.3 is 0 Å². The third-order valence-corrected chi connectivity index (χ3v) is 4.87. The molecule has 0 aliphatic carbocycles. The standard InChI is InChI=1S/C24H23ClN2O4/c1-3-30-22-10-5-4-8-21(22)27-24(29)17-11-13-18(14-12-17)31-15-23(28)26-20-9-6-7-19(25)16(20)2/h4-14H,3,15H2,1-2H3,(H,26,28)(H,27,29). The normalized spacial score (nSPS) is 10.3. The molecule has 6 nitrogen and oxygen atoms in total. The first-order valence-electron chi connectivity index (χ1n) is 9.79. The number of halogens is 1. The molecule has 0 atom stereocenters. The Bertz CT molecular complexity index is 1070. The van der Waals surface area contributed by atoms with Crippen molar-refractivity contribution in [3.8, 4) is 11.5 Å². The summed E-state index contributed by atoms with van der Waals surface area (Å²) >= 11 is 6.06. The zero-order valence-corrected chi connectivity index (χ0v) is 18.0. The van der Waals surface area contributed by atoms with Crippen molar-refractivity contribution in [2.75, 3.05) is 23.8 Å². The lowest BCUT2D eigenvalue weighted by Gasteiger charge is -2.12. The second-order valence-electron chi connectivity index (χ2n) is 6.66. The minimum atomic E-state index is -0.306. The lowest BCUT2D eigenvalue weighted by Crippen LogP contribution is -2.20. The van der Waals surface area contributed by atoms with E-state index in [2.05, 4.69) is 10.6 Å². The fourth-order valence-electron chi connectivity index (χ4n) is 2.83. The summed E-state index contributed by atoms with van der Waals surface area (Å²) in [5, 5.41) is 6.19. The maximum absolute atomic E-state index is 12.5. The first-order chi connectivity index (χ1) is 15.0. The molecule has 2 N–H and O–H groups in total. The van der Waals surface area contributed by atoms with Crippen LogP contribution in [0.4, 0.5) is 11.4 Å². The Morgan fingerprint density at radius 1 is 0.871 bits per heavy atom. The fourth-order valence-corrected chi connectivity index (χ4v) is 3.00. The number of hydrogen-bond donors (Lipinski definition) is 2. The van der Waals surface area contributed by atoms with Gasteiger partial charge in [0.05, 0.1) is 12.3 Å². The number of anilines is 2. The number of hydrogen-bond acceptors (Lipinski definition) is 4. The van der Waals surface area contributed by atoms with Crippen molar-refractivity contribution in [1.82, 2.24) is 0 Å². The Morgan fingerprint density at radius 3 is 2.32 bits per heavy atom. The van der Waals surface area contributed by atoms with E-state index in [0.717, 1.165) is 5.56 Å². The molecule has 3 rings (SSSR count). The molecule has 3 aromatic rings. The molecule has 0 heterocycles. The van der Waals surface area contributed by atoms with Gasteiger partial charge in [0.25, 0.3) is 11.8 Å². The molecular weight excluding hydrogens is 416 g/mol. The summed E-state index contributed by atoms with van der Waals surface area (Å²) in [5.74, 6) is 0.510. The molecular formula is C24H23ClN2O4. The minimum Gasteiger partial charge on any atom is -0.492 e. The largest absolute Gasteiger partial charge is 0.492 e. The predicted molar refractivity (Wildman–Crippen MR) is 122 cm³/mol. The van der Waals surface area contributed by atoms with Gasteiger partial charge in [-0.1, -0.05) is 29.8 Å². The Labute approximate surface area is 186 Å². The number of rotatable bonds is 8. The third-order valence-electron chi connectivity index (χ3n) is 4.46. The van der Waals surface area contributed by atoms with Gasteiger partial charge in [-0.3, -0.25) is 9.59 Å². The van der Waals surface area contributed by atoms with Gasteiger partial charge in [-0.2, -0.15) is 0 Å². The summed E-state index contributed by atoms with van der Waals surface area (Å²) in [6.45, 7) is 4.05. The van der Waals surface area contributed by atoms with Crippen LogP contribution in [0, 0.1) is 6.92 Å². The molecule has 0 aliphatic heterocycles. The van der Waals surface area contributed by atoms with E-state index in [1.807, 2.05) is 26.0 Å². The average molecular weight is 439 g/mol. The number of carbonyl (C=O) groups is 2. The van der Waals surface area contributed by atoms with Gasteiger partial charge in [0, 0.05) is 16.3 Å². The Balaban J connectivity index is 1.56. The third kappa shape index (κ3) is 5.99. The first-order valence-corrected chi connectivity index (χ1v) is 10.2. The highest BCUT2D eigenvalue weighted by molar-refractivity contribution is 6.31. The van der Waals surface area contributed by atoms with Crippen molar-refractivity contribution < 1.29 is 19.1 Å². The van der Waals surface area contributed by atoms with Crippen LogP contribution in [0.25, 0.3) is 0 Å². The summed E-state index contributed by atoms with van der Waals surface area (Å²) in [7, 11) is 0. The molecule has 2 amide bonds. The topological polar surface area (TPSA) is 76.7 Å². The lowest BCUT2D eigenvalue weighted by molar-refractivity contribution is -0.118. The predicted octanol–water partition coefficient (Wildman–Crippen LogP) is 5.32. The molecule has 3 aromatic carbocycles. The molecule has 160 valence electrons. The first kappa shape index (κ1) is 22.2. The number of ether oxygens (including phenoxy) is 2. The van der Waals surface area contributed by atoms with Gasteiger partial charge < -0.3 is 20.1 Å². The second kappa shape index (κ2) is 10.5. The summed E-state index contributed by atoms with van der Waals surface area (Å²) in [5.41, 5.74) is 2.49. The van der Waals surface area contributed by atoms with Crippen molar-refractivity contribution in [3.05, 3.63) is 82.9 Å². The molecule has 0 saturated carbocycles. The van der Waals surface area contributed by atoms with E-state index in [9.17, 15) is 9.59 Å². The number of carbonyl (C=O) groups excluding carboxylic acids is 2. The molecule has 0 spiro atoms. The van der Waals surface area contributed by atoms with Crippen molar-refractivity contribution in [1.29, 1.82) is 0 Å². The van der Waals surface area contributed by atoms with E-state index in [4.69, 9.17) is 21.1 Å². The van der Waals surface area contributed by atoms with Crippen LogP contribution >= 0.6 is 11.6 Å². The summed E-state index contributed by atoms with van der Waals surface area (Å²) in [6.07, 6.45) is 0. The van der Waals surface area contributed by atoms with Crippen LogP contribution in [0.1, 0.15) is 22.8 Å². The molecule has 0 radical (unpaired) electrons. The van der Waals surface area contributed by atoms with Crippen LogP contribution < -0.4 is 20.1 Å². The average Bonchev–Trinajstić information content (AvgIpc) is 2.77. The molecule has 0 bridgehead atoms. The Hall–Kier alpha value is -3.51. The number of nitrogens with one attached hydrogen (secondary N) is 2. The summed E-state index contributed by atoms with van der Waals surface area (Å²) < 4.78 is 11.0.